The molecule has 1 atom stereocenters. The molecule has 4 heterocycles. The fourth-order valence-electron chi connectivity index (χ4n) is 6.36. The number of nitrogens with zero attached hydrogens (tertiary/aromatic N) is 5. The normalized spacial score (nSPS) is 17.7. The number of piperidine rings is 2. The Morgan fingerprint density at radius 2 is 1.77 bits per heavy atom. The van der Waals surface area contributed by atoms with Gasteiger partial charge in [-0.2, -0.15) is 4.98 Å². The highest BCUT2D eigenvalue weighted by atomic mass is 35.5. The van der Waals surface area contributed by atoms with E-state index >= 15 is 0 Å². The van der Waals surface area contributed by atoms with E-state index in [2.05, 4.69) is 56.0 Å². The smallest absolute Gasteiger partial charge is 0.260 e. The predicted octanol–water partition coefficient (Wildman–Crippen LogP) is 5.07. The number of halogens is 1. The molecule has 0 spiro atoms. The number of likely N-dealkylation sites (N-methyl/N-ethyl adjacent to an activating group) is 2. The van der Waals surface area contributed by atoms with Crippen LogP contribution in [0.4, 0.5) is 17.3 Å². The molecule has 0 amide bonds. The molecule has 2 saturated heterocycles. The Kier molecular flexibility index (Phi) is 9.47. The number of aromatic nitrogens is 3. The van der Waals surface area contributed by atoms with Crippen molar-refractivity contribution >= 4 is 40.0 Å². The van der Waals surface area contributed by atoms with Crippen LogP contribution in [0.15, 0.2) is 59.5 Å². The SMILES string of the molecule is CN(C)CCn1c(=O)c(-c2ccc(C3CCNCC3)cc2Cl)cc2cnc(Nc3ccc(N(C)C4CCCNC4)cc3)nc21. The van der Waals surface area contributed by atoms with Gasteiger partial charge >= 0.3 is 0 Å². The van der Waals surface area contributed by atoms with Crippen molar-refractivity contribution in [1.82, 2.24) is 30.1 Å². The molecule has 44 heavy (non-hydrogen) atoms. The summed E-state index contributed by atoms with van der Waals surface area (Å²) >= 11 is 6.86. The topological polar surface area (TPSA) is 90.4 Å². The Bertz CT molecular complexity index is 1640. The molecule has 0 aliphatic carbocycles. The first-order valence-electron chi connectivity index (χ1n) is 15.7. The van der Waals surface area contributed by atoms with Gasteiger partial charge in [0.05, 0.1) is 0 Å². The summed E-state index contributed by atoms with van der Waals surface area (Å²) in [5.74, 6) is 0.937. The highest BCUT2D eigenvalue weighted by Crippen LogP contribution is 2.33. The van der Waals surface area contributed by atoms with E-state index in [1.165, 1.54) is 24.1 Å². The van der Waals surface area contributed by atoms with Crippen LogP contribution in [0.5, 0.6) is 0 Å². The van der Waals surface area contributed by atoms with Gasteiger partial charge < -0.3 is 25.8 Å². The number of benzene rings is 2. The predicted molar refractivity (Wildman–Crippen MR) is 182 cm³/mol. The highest BCUT2D eigenvalue weighted by molar-refractivity contribution is 6.33. The second kappa shape index (κ2) is 13.6. The molecule has 2 aromatic heterocycles. The molecule has 3 N–H and O–H groups in total. The van der Waals surface area contributed by atoms with Gasteiger partial charge in [0.1, 0.15) is 5.65 Å². The number of rotatable bonds is 9. The standard InChI is InChI=1S/C34H43ClN8O/c1-41(2)17-18-43-32-25(19-30(33(43)44)29-11-6-24(20-31(29)35)23-12-15-36-16-13-23)21-38-34(40-32)39-26-7-9-27(10-8-26)42(3)28-5-4-14-37-22-28/h6-11,19-21,23,28,36-37H,4-5,12-18,22H2,1-3H3,(H,38,39,40). The van der Waals surface area contributed by atoms with Crippen LogP contribution in [0.25, 0.3) is 22.2 Å². The van der Waals surface area contributed by atoms with Crippen molar-refractivity contribution in [2.24, 2.45) is 0 Å². The summed E-state index contributed by atoms with van der Waals surface area (Å²) < 4.78 is 1.75. The van der Waals surface area contributed by atoms with E-state index in [-0.39, 0.29) is 5.56 Å². The molecule has 232 valence electrons. The van der Waals surface area contributed by atoms with Gasteiger partial charge in [0, 0.05) is 71.8 Å². The lowest BCUT2D eigenvalue weighted by atomic mass is 9.89. The zero-order chi connectivity index (χ0) is 30.6. The molecule has 2 fully saturated rings. The fraction of sp³-hybridized carbons (Fsp3) is 0.441. The largest absolute Gasteiger partial charge is 0.370 e. The van der Waals surface area contributed by atoms with Crippen LogP contribution in [0.2, 0.25) is 5.02 Å². The molecule has 1 unspecified atom stereocenters. The van der Waals surface area contributed by atoms with Crippen LogP contribution in [0.3, 0.4) is 0 Å². The van der Waals surface area contributed by atoms with Crippen LogP contribution in [-0.2, 0) is 6.54 Å². The number of hydrogen-bond donors (Lipinski definition) is 3. The number of fused-ring (bicyclic) bond motifs is 1. The van der Waals surface area contributed by atoms with Gasteiger partial charge in [-0.1, -0.05) is 23.7 Å². The molecule has 10 heteroatoms. The highest BCUT2D eigenvalue weighted by Gasteiger charge is 2.20. The molecule has 0 bridgehead atoms. The molecule has 2 aliphatic heterocycles. The average Bonchev–Trinajstić information content (AvgIpc) is 3.05. The minimum atomic E-state index is -0.106. The third-order valence-electron chi connectivity index (χ3n) is 9.04. The van der Waals surface area contributed by atoms with Crippen molar-refractivity contribution in [3.05, 3.63) is 75.7 Å². The van der Waals surface area contributed by atoms with E-state index in [4.69, 9.17) is 16.6 Å². The van der Waals surface area contributed by atoms with Crippen LogP contribution >= 0.6 is 11.6 Å². The monoisotopic (exact) mass is 614 g/mol. The van der Waals surface area contributed by atoms with E-state index in [0.29, 0.717) is 47.2 Å². The summed E-state index contributed by atoms with van der Waals surface area (Å²) in [6.07, 6.45) is 6.37. The van der Waals surface area contributed by atoms with Crippen LogP contribution < -0.4 is 26.4 Å². The minimum Gasteiger partial charge on any atom is -0.370 e. The average molecular weight is 615 g/mol. The van der Waals surface area contributed by atoms with Crippen molar-refractivity contribution in [3.8, 4) is 11.1 Å². The Hall–Kier alpha value is -3.50. The quantitative estimate of drug-likeness (QED) is 0.241. The lowest BCUT2D eigenvalue weighted by Gasteiger charge is -2.33. The molecule has 0 radical (unpaired) electrons. The third-order valence-corrected chi connectivity index (χ3v) is 9.35. The van der Waals surface area contributed by atoms with E-state index in [1.54, 1.807) is 10.8 Å². The Morgan fingerprint density at radius 3 is 2.48 bits per heavy atom. The number of nitrogens with one attached hydrogen (secondary N) is 3. The molecule has 0 saturated carbocycles. The van der Waals surface area contributed by atoms with Gasteiger partial charge in [0.15, 0.2) is 0 Å². The Balaban J connectivity index is 1.29. The zero-order valence-electron chi connectivity index (χ0n) is 25.9. The maximum Gasteiger partial charge on any atom is 0.260 e. The zero-order valence-corrected chi connectivity index (χ0v) is 26.7. The Morgan fingerprint density at radius 1 is 0.977 bits per heavy atom. The van der Waals surface area contributed by atoms with Gasteiger partial charge in [-0.3, -0.25) is 9.36 Å². The van der Waals surface area contributed by atoms with Crippen molar-refractivity contribution < 1.29 is 0 Å². The summed E-state index contributed by atoms with van der Waals surface area (Å²) in [4.78, 5) is 27.9. The van der Waals surface area contributed by atoms with E-state index in [9.17, 15) is 4.79 Å². The number of pyridine rings is 1. The molecule has 2 aliphatic rings. The summed E-state index contributed by atoms with van der Waals surface area (Å²) in [6.45, 7) is 5.33. The van der Waals surface area contributed by atoms with Crippen LogP contribution in [0.1, 0.15) is 37.2 Å². The van der Waals surface area contributed by atoms with Crippen molar-refractivity contribution in [2.75, 3.05) is 64.1 Å². The maximum absolute atomic E-state index is 14.0. The molecule has 6 rings (SSSR count). The molecular weight excluding hydrogens is 572 g/mol. The van der Waals surface area contributed by atoms with Gasteiger partial charge in [0.25, 0.3) is 5.56 Å². The summed E-state index contributed by atoms with van der Waals surface area (Å²) in [7, 11) is 6.16. The fourth-order valence-corrected chi connectivity index (χ4v) is 6.65. The minimum absolute atomic E-state index is 0.106. The lowest BCUT2D eigenvalue weighted by Crippen LogP contribution is -2.44. The van der Waals surface area contributed by atoms with Gasteiger partial charge in [-0.25, -0.2) is 4.98 Å². The number of hydrogen-bond acceptors (Lipinski definition) is 8. The first-order valence-corrected chi connectivity index (χ1v) is 16.1. The molecule has 9 nitrogen and oxygen atoms in total. The first-order chi connectivity index (χ1) is 21.4. The van der Waals surface area contributed by atoms with Crippen molar-refractivity contribution in [1.29, 1.82) is 0 Å². The van der Waals surface area contributed by atoms with Crippen molar-refractivity contribution in [3.63, 3.8) is 0 Å². The summed E-state index contributed by atoms with van der Waals surface area (Å²) in [5.41, 5.74) is 5.10. The number of anilines is 3. The Labute approximate surface area is 264 Å². The first kappa shape index (κ1) is 30.5. The molecule has 4 aromatic rings. The second-order valence-corrected chi connectivity index (χ2v) is 12.7. The maximum atomic E-state index is 14.0. The van der Waals surface area contributed by atoms with Crippen molar-refractivity contribution in [2.45, 2.75) is 44.2 Å². The van der Waals surface area contributed by atoms with Crippen LogP contribution in [-0.4, -0.2) is 79.3 Å². The second-order valence-electron chi connectivity index (χ2n) is 12.3. The summed E-state index contributed by atoms with van der Waals surface area (Å²) in [6, 6.07) is 16.9. The van der Waals surface area contributed by atoms with Gasteiger partial charge in [-0.05, 0) is 107 Å². The van der Waals surface area contributed by atoms with Gasteiger partial charge in [0.2, 0.25) is 5.95 Å². The van der Waals surface area contributed by atoms with Crippen LogP contribution in [0, 0.1) is 0 Å². The molecular formula is C34H43ClN8O. The molecule has 2 aromatic carbocycles. The third kappa shape index (κ3) is 6.76. The van der Waals surface area contributed by atoms with E-state index in [1.807, 2.05) is 44.4 Å². The summed E-state index contributed by atoms with van der Waals surface area (Å²) in [5, 5.41) is 11.6. The lowest BCUT2D eigenvalue weighted by molar-refractivity contribution is 0.384. The van der Waals surface area contributed by atoms with E-state index in [0.717, 1.165) is 55.7 Å². The van der Waals surface area contributed by atoms with Gasteiger partial charge in [-0.15, -0.1) is 0 Å². The van der Waals surface area contributed by atoms with E-state index < -0.39 is 0 Å².